The van der Waals surface area contributed by atoms with E-state index in [9.17, 15) is 5.11 Å². The van der Waals surface area contributed by atoms with E-state index in [1.807, 2.05) is 44.4 Å². The zero-order valence-electron chi connectivity index (χ0n) is 22.2. The molecule has 1 aromatic heterocycles. The van der Waals surface area contributed by atoms with Crippen molar-refractivity contribution in [1.82, 2.24) is 9.88 Å². The van der Waals surface area contributed by atoms with E-state index in [1.54, 1.807) is 6.20 Å². The van der Waals surface area contributed by atoms with E-state index in [2.05, 4.69) is 69.0 Å². The molecule has 5 rings (SSSR count). The Hall–Kier alpha value is -3.87. The first kappa shape index (κ1) is 25.8. The van der Waals surface area contributed by atoms with E-state index in [0.29, 0.717) is 6.54 Å². The molecule has 2 heterocycles. The smallest absolute Gasteiger partial charge is 0.128 e. The quantitative estimate of drug-likeness (QED) is 0.271. The minimum atomic E-state index is -0.563. The molecule has 0 amide bonds. The summed E-state index contributed by atoms with van der Waals surface area (Å²) in [5, 5.41) is 18.3. The molecule has 1 unspecified atom stereocenters. The Bertz CT molecular complexity index is 1350. The number of nitrogens with one attached hydrogen (secondary N) is 2. The van der Waals surface area contributed by atoms with E-state index < -0.39 is 6.10 Å². The summed E-state index contributed by atoms with van der Waals surface area (Å²) in [5.74, 6) is 0.760. The Morgan fingerprint density at radius 3 is 2.21 bits per heavy atom. The summed E-state index contributed by atoms with van der Waals surface area (Å²) in [4.78, 5) is 6.73. The van der Waals surface area contributed by atoms with Crippen LogP contribution in [-0.2, 0) is 0 Å². The number of aliphatic hydroxyl groups is 1. The Morgan fingerprint density at radius 2 is 1.55 bits per heavy atom. The monoisotopic (exact) mass is 508 g/mol. The molecule has 0 bridgehead atoms. The van der Waals surface area contributed by atoms with Crippen molar-refractivity contribution in [3.8, 4) is 5.75 Å². The summed E-state index contributed by atoms with van der Waals surface area (Å²) >= 11 is 0. The number of benzene rings is 3. The van der Waals surface area contributed by atoms with Crippen molar-refractivity contribution < 1.29 is 9.84 Å². The molecule has 0 spiro atoms. The van der Waals surface area contributed by atoms with Crippen LogP contribution in [0, 0.1) is 0 Å². The van der Waals surface area contributed by atoms with Crippen molar-refractivity contribution in [2.75, 3.05) is 51.0 Å². The summed E-state index contributed by atoms with van der Waals surface area (Å²) in [6.07, 6.45) is 3.14. The molecule has 0 aliphatic carbocycles. The van der Waals surface area contributed by atoms with Crippen molar-refractivity contribution in [1.29, 1.82) is 0 Å². The molecule has 4 aromatic rings. The van der Waals surface area contributed by atoms with Crippen molar-refractivity contribution in [3.63, 3.8) is 0 Å². The molecule has 1 atom stereocenters. The van der Waals surface area contributed by atoms with Gasteiger partial charge in [-0.05, 0) is 78.1 Å². The van der Waals surface area contributed by atoms with Crippen LogP contribution in [0.25, 0.3) is 16.5 Å². The lowest BCUT2D eigenvalue weighted by molar-refractivity contribution is 0.0661. The number of piperidine rings is 1. The third kappa shape index (κ3) is 5.98. The van der Waals surface area contributed by atoms with Gasteiger partial charge in [0.05, 0.1) is 5.52 Å². The lowest BCUT2D eigenvalue weighted by Gasteiger charge is -2.31. The molecule has 196 valence electrons. The maximum atomic E-state index is 10.8. The average molecular weight is 509 g/mol. The fourth-order valence-corrected chi connectivity index (χ4v) is 5.23. The largest absolute Gasteiger partial charge is 0.490 e. The number of rotatable bonds is 9. The number of fused-ring (bicyclic) bond motifs is 1. The van der Waals surface area contributed by atoms with Crippen molar-refractivity contribution in [2.24, 2.45) is 0 Å². The highest BCUT2D eigenvalue weighted by molar-refractivity contribution is 5.85. The molecule has 1 aliphatic rings. The molecule has 0 saturated carbocycles. The van der Waals surface area contributed by atoms with Gasteiger partial charge < -0.3 is 20.5 Å². The second kappa shape index (κ2) is 12.1. The zero-order chi connectivity index (χ0) is 26.3. The van der Waals surface area contributed by atoms with Gasteiger partial charge in [-0.1, -0.05) is 35.9 Å². The van der Waals surface area contributed by atoms with Crippen LogP contribution in [0.15, 0.2) is 90.6 Å². The SMILES string of the molecule is CNc1cccc(C(=C2CCN(CC(O)COc3cccc4ncccc34)CC2)c2cccc(NC)c2)c1. The van der Waals surface area contributed by atoms with Gasteiger partial charge in [-0.3, -0.25) is 9.88 Å². The fraction of sp³-hybridized carbons (Fsp3) is 0.281. The number of pyridine rings is 1. The Morgan fingerprint density at radius 1 is 0.895 bits per heavy atom. The Kier molecular flexibility index (Phi) is 8.22. The Labute approximate surface area is 225 Å². The molecule has 1 saturated heterocycles. The molecule has 38 heavy (non-hydrogen) atoms. The average Bonchev–Trinajstić information content (AvgIpc) is 2.97. The number of anilines is 2. The van der Waals surface area contributed by atoms with Gasteiger partial charge in [-0.2, -0.15) is 0 Å². The first-order chi connectivity index (χ1) is 18.6. The maximum Gasteiger partial charge on any atom is 0.128 e. The minimum Gasteiger partial charge on any atom is -0.490 e. The van der Waals surface area contributed by atoms with Crippen LogP contribution < -0.4 is 15.4 Å². The van der Waals surface area contributed by atoms with Crippen LogP contribution in [-0.4, -0.2) is 61.4 Å². The highest BCUT2D eigenvalue weighted by Gasteiger charge is 2.21. The number of nitrogens with zero attached hydrogens (tertiary/aromatic N) is 2. The topological polar surface area (TPSA) is 69.7 Å². The van der Waals surface area contributed by atoms with Gasteiger partial charge in [0.1, 0.15) is 18.5 Å². The standard InChI is InChI=1S/C32H36N4O2/c1-33-26-9-3-7-24(19-26)32(25-8-4-10-27(20-25)34-2)23-14-17-36(18-15-23)21-28(37)22-38-31-13-5-12-30-29(31)11-6-16-35-30/h3-13,16,19-20,28,33-34,37H,14-15,17-18,21-22H2,1-2H3. The third-order valence-electron chi connectivity index (χ3n) is 7.20. The predicted octanol–water partition coefficient (Wildman–Crippen LogP) is 5.66. The van der Waals surface area contributed by atoms with Crippen LogP contribution in [0.2, 0.25) is 0 Å². The maximum absolute atomic E-state index is 10.8. The van der Waals surface area contributed by atoms with Crippen LogP contribution in [0.1, 0.15) is 24.0 Å². The normalized spacial score (nSPS) is 14.8. The first-order valence-corrected chi connectivity index (χ1v) is 13.3. The van der Waals surface area contributed by atoms with Gasteiger partial charge in [0.2, 0.25) is 0 Å². The van der Waals surface area contributed by atoms with Gasteiger partial charge in [0, 0.05) is 56.7 Å². The molecule has 3 N–H and O–H groups in total. The molecule has 0 radical (unpaired) electrons. The van der Waals surface area contributed by atoms with Gasteiger partial charge >= 0.3 is 0 Å². The highest BCUT2D eigenvalue weighted by Crippen LogP contribution is 2.34. The lowest BCUT2D eigenvalue weighted by atomic mass is 9.88. The van der Waals surface area contributed by atoms with Crippen LogP contribution in [0.4, 0.5) is 11.4 Å². The number of likely N-dealkylation sites (tertiary alicyclic amines) is 1. The van der Waals surface area contributed by atoms with E-state index in [4.69, 9.17) is 4.74 Å². The molecular formula is C32H36N4O2. The number of aliphatic hydroxyl groups excluding tert-OH is 1. The molecular weight excluding hydrogens is 472 g/mol. The van der Waals surface area contributed by atoms with Crippen LogP contribution in [0.3, 0.4) is 0 Å². The van der Waals surface area contributed by atoms with Crippen molar-refractivity contribution in [3.05, 3.63) is 102 Å². The van der Waals surface area contributed by atoms with Crippen LogP contribution >= 0.6 is 0 Å². The highest BCUT2D eigenvalue weighted by atomic mass is 16.5. The number of β-amino-alcohol motifs (C(OH)–C–C–N with tert-alkyl or cyclic N) is 1. The van der Waals surface area contributed by atoms with Gasteiger partial charge in [-0.25, -0.2) is 0 Å². The minimum absolute atomic E-state index is 0.256. The summed E-state index contributed by atoms with van der Waals surface area (Å²) in [6.45, 7) is 2.67. The summed E-state index contributed by atoms with van der Waals surface area (Å²) in [7, 11) is 3.91. The molecule has 3 aromatic carbocycles. The summed E-state index contributed by atoms with van der Waals surface area (Å²) in [6, 6.07) is 27.0. The fourth-order valence-electron chi connectivity index (χ4n) is 5.23. The number of aromatic nitrogens is 1. The Balaban J connectivity index is 1.27. The second-order valence-electron chi connectivity index (χ2n) is 9.73. The van der Waals surface area contributed by atoms with E-state index in [-0.39, 0.29) is 6.61 Å². The van der Waals surface area contributed by atoms with E-state index in [1.165, 1.54) is 22.3 Å². The van der Waals surface area contributed by atoms with Crippen molar-refractivity contribution in [2.45, 2.75) is 18.9 Å². The van der Waals surface area contributed by atoms with Crippen LogP contribution in [0.5, 0.6) is 5.75 Å². The lowest BCUT2D eigenvalue weighted by Crippen LogP contribution is -2.39. The summed E-state index contributed by atoms with van der Waals surface area (Å²) in [5.41, 5.74) is 8.33. The predicted molar refractivity (Wildman–Crippen MR) is 157 cm³/mol. The van der Waals surface area contributed by atoms with E-state index >= 15 is 0 Å². The molecule has 1 aliphatic heterocycles. The summed E-state index contributed by atoms with van der Waals surface area (Å²) < 4.78 is 6.00. The number of hydrogen-bond acceptors (Lipinski definition) is 6. The zero-order valence-corrected chi connectivity index (χ0v) is 22.2. The van der Waals surface area contributed by atoms with Gasteiger partial charge in [0.15, 0.2) is 0 Å². The third-order valence-corrected chi connectivity index (χ3v) is 7.20. The molecule has 6 nitrogen and oxygen atoms in total. The first-order valence-electron chi connectivity index (χ1n) is 13.3. The number of hydrogen-bond donors (Lipinski definition) is 3. The molecule has 1 fully saturated rings. The van der Waals surface area contributed by atoms with Crippen molar-refractivity contribution >= 4 is 27.9 Å². The number of ether oxygens (including phenoxy) is 1. The van der Waals surface area contributed by atoms with Gasteiger partial charge in [0.25, 0.3) is 0 Å². The second-order valence-corrected chi connectivity index (χ2v) is 9.73. The van der Waals surface area contributed by atoms with Gasteiger partial charge in [-0.15, -0.1) is 0 Å². The molecule has 6 heteroatoms. The van der Waals surface area contributed by atoms with E-state index in [0.717, 1.165) is 54.0 Å².